The van der Waals surface area contributed by atoms with Crippen molar-refractivity contribution in [3.63, 3.8) is 0 Å². The highest BCUT2D eigenvalue weighted by atomic mass is 127. The minimum atomic E-state index is -0.199. The standard InChI is InChI=1S/C11H16N4O2.HI/c16-10(9-3-1-8-17-9)12-6-7-15-11-13-4-2-5-14-11;/h1,3,8H,2,4-7H2,(H,12,16)(H2,13,14,15);1H. The average Bonchev–Trinajstić information content (AvgIpc) is 2.89. The lowest BCUT2D eigenvalue weighted by Crippen LogP contribution is -2.43. The van der Waals surface area contributed by atoms with Gasteiger partial charge < -0.3 is 20.4 Å². The molecule has 0 aromatic carbocycles. The van der Waals surface area contributed by atoms with Crippen LogP contribution in [0.3, 0.4) is 0 Å². The molecule has 0 bridgehead atoms. The second-order valence-electron chi connectivity index (χ2n) is 3.67. The van der Waals surface area contributed by atoms with Crippen molar-refractivity contribution in [2.75, 3.05) is 26.2 Å². The molecule has 1 aromatic heterocycles. The Hall–Kier alpha value is -1.25. The number of furan rings is 1. The van der Waals surface area contributed by atoms with Gasteiger partial charge in [-0.25, -0.2) is 0 Å². The molecule has 2 rings (SSSR count). The van der Waals surface area contributed by atoms with Crippen LogP contribution in [0, 0.1) is 0 Å². The largest absolute Gasteiger partial charge is 0.459 e. The third-order valence-electron chi connectivity index (χ3n) is 2.35. The summed E-state index contributed by atoms with van der Waals surface area (Å²) in [6.07, 6.45) is 2.55. The van der Waals surface area contributed by atoms with E-state index in [0.717, 1.165) is 25.5 Å². The molecule has 0 spiro atoms. The highest BCUT2D eigenvalue weighted by Crippen LogP contribution is 1.98. The minimum absolute atomic E-state index is 0. The maximum absolute atomic E-state index is 11.5. The van der Waals surface area contributed by atoms with Crippen molar-refractivity contribution in [2.24, 2.45) is 4.99 Å². The van der Waals surface area contributed by atoms with Crippen molar-refractivity contribution >= 4 is 35.8 Å². The highest BCUT2D eigenvalue weighted by Gasteiger charge is 2.07. The van der Waals surface area contributed by atoms with E-state index in [2.05, 4.69) is 20.9 Å². The summed E-state index contributed by atoms with van der Waals surface area (Å²) in [5.74, 6) is 0.942. The minimum Gasteiger partial charge on any atom is -0.459 e. The van der Waals surface area contributed by atoms with E-state index in [0.29, 0.717) is 18.8 Å². The van der Waals surface area contributed by atoms with Crippen molar-refractivity contribution in [3.05, 3.63) is 24.2 Å². The molecule has 3 N–H and O–H groups in total. The molecule has 1 amide bonds. The van der Waals surface area contributed by atoms with Gasteiger partial charge in [0, 0.05) is 26.2 Å². The Bertz CT molecular complexity index is 392. The SMILES string of the molecule is I.O=C(NCCNC1=NCCCN1)c1ccco1. The van der Waals surface area contributed by atoms with Gasteiger partial charge in [0.2, 0.25) is 0 Å². The molecule has 6 nitrogen and oxygen atoms in total. The summed E-state index contributed by atoms with van der Waals surface area (Å²) in [4.78, 5) is 15.7. The van der Waals surface area contributed by atoms with E-state index < -0.39 is 0 Å². The first-order chi connectivity index (χ1) is 8.36. The zero-order valence-electron chi connectivity index (χ0n) is 9.94. The second kappa shape index (κ2) is 7.96. The fourth-order valence-corrected chi connectivity index (χ4v) is 1.50. The zero-order valence-corrected chi connectivity index (χ0v) is 12.3. The number of hydrogen-bond acceptors (Lipinski definition) is 5. The molecular formula is C11H17IN4O2. The number of carbonyl (C=O) groups excluding carboxylic acids is 1. The molecule has 0 fully saturated rings. The Morgan fingerprint density at radius 1 is 1.50 bits per heavy atom. The van der Waals surface area contributed by atoms with Crippen LogP contribution >= 0.6 is 24.0 Å². The predicted octanol–water partition coefficient (Wildman–Crippen LogP) is 0.566. The van der Waals surface area contributed by atoms with Crippen LogP contribution in [0.15, 0.2) is 27.8 Å². The molecular weight excluding hydrogens is 347 g/mol. The summed E-state index contributed by atoms with van der Waals surface area (Å²) in [5.41, 5.74) is 0. The number of rotatable bonds is 4. The number of aliphatic imine (C=N–C) groups is 1. The lowest BCUT2D eigenvalue weighted by molar-refractivity contribution is 0.0926. The van der Waals surface area contributed by atoms with E-state index in [9.17, 15) is 4.79 Å². The average molecular weight is 364 g/mol. The van der Waals surface area contributed by atoms with Crippen molar-refractivity contribution in [1.29, 1.82) is 0 Å². The molecule has 2 heterocycles. The molecule has 0 saturated carbocycles. The summed E-state index contributed by atoms with van der Waals surface area (Å²) in [6.45, 7) is 2.97. The lowest BCUT2D eigenvalue weighted by Gasteiger charge is -2.15. The van der Waals surface area contributed by atoms with Crippen LogP contribution < -0.4 is 16.0 Å². The van der Waals surface area contributed by atoms with Crippen LogP contribution in [0.4, 0.5) is 0 Å². The van der Waals surface area contributed by atoms with Gasteiger partial charge in [-0.15, -0.1) is 24.0 Å². The van der Waals surface area contributed by atoms with Gasteiger partial charge in [-0.1, -0.05) is 0 Å². The molecule has 1 aromatic rings. The van der Waals surface area contributed by atoms with Crippen LogP contribution in [0.1, 0.15) is 17.0 Å². The van der Waals surface area contributed by atoms with Crippen molar-refractivity contribution in [1.82, 2.24) is 16.0 Å². The topological polar surface area (TPSA) is 78.7 Å². The van der Waals surface area contributed by atoms with Crippen LogP contribution in [0.25, 0.3) is 0 Å². The van der Waals surface area contributed by atoms with E-state index >= 15 is 0 Å². The number of carbonyl (C=O) groups is 1. The molecule has 7 heteroatoms. The molecule has 100 valence electrons. The Balaban J connectivity index is 0.00000162. The van der Waals surface area contributed by atoms with E-state index in [4.69, 9.17) is 4.42 Å². The Kier molecular flexibility index (Phi) is 6.55. The van der Waals surface area contributed by atoms with Gasteiger partial charge >= 0.3 is 0 Å². The number of nitrogens with one attached hydrogen (secondary N) is 3. The van der Waals surface area contributed by atoms with Gasteiger partial charge in [-0.05, 0) is 18.6 Å². The summed E-state index contributed by atoms with van der Waals surface area (Å²) >= 11 is 0. The highest BCUT2D eigenvalue weighted by molar-refractivity contribution is 14.0. The van der Waals surface area contributed by atoms with Crippen LogP contribution in [-0.2, 0) is 0 Å². The summed E-state index contributed by atoms with van der Waals surface area (Å²) in [7, 11) is 0. The van der Waals surface area contributed by atoms with E-state index in [1.165, 1.54) is 6.26 Å². The summed E-state index contributed by atoms with van der Waals surface area (Å²) in [6, 6.07) is 3.32. The van der Waals surface area contributed by atoms with Crippen LogP contribution in [-0.4, -0.2) is 38.0 Å². The van der Waals surface area contributed by atoms with E-state index in [1.54, 1.807) is 12.1 Å². The maximum atomic E-state index is 11.5. The smallest absolute Gasteiger partial charge is 0.287 e. The summed E-state index contributed by atoms with van der Waals surface area (Å²) in [5, 5.41) is 9.00. The third-order valence-corrected chi connectivity index (χ3v) is 2.35. The molecule has 1 aliphatic rings. The number of halogens is 1. The predicted molar refractivity (Wildman–Crippen MR) is 79.4 cm³/mol. The van der Waals surface area contributed by atoms with Gasteiger partial charge in [-0.2, -0.15) is 0 Å². The van der Waals surface area contributed by atoms with Crippen LogP contribution in [0.2, 0.25) is 0 Å². The molecule has 18 heavy (non-hydrogen) atoms. The fraction of sp³-hybridized carbons (Fsp3) is 0.455. The lowest BCUT2D eigenvalue weighted by atomic mass is 10.4. The van der Waals surface area contributed by atoms with Gasteiger partial charge in [0.25, 0.3) is 5.91 Å². The molecule has 0 atom stereocenters. The van der Waals surface area contributed by atoms with E-state index in [-0.39, 0.29) is 29.9 Å². The van der Waals surface area contributed by atoms with E-state index in [1.807, 2.05) is 0 Å². The van der Waals surface area contributed by atoms with Gasteiger partial charge in [-0.3, -0.25) is 9.79 Å². The Labute approximate surface area is 123 Å². The monoisotopic (exact) mass is 364 g/mol. The van der Waals surface area contributed by atoms with Crippen molar-refractivity contribution in [3.8, 4) is 0 Å². The Morgan fingerprint density at radius 2 is 2.39 bits per heavy atom. The molecule has 0 aliphatic carbocycles. The van der Waals surface area contributed by atoms with Gasteiger partial charge in [0.15, 0.2) is 11.7 Å². The maximum Gasteiger partial charge on any atom is 0.287 e. The second-order valence-corrected chi connectivity index (χ2v) is 3.67. The first kappa shape index (κ1) is 14.8. The van der Waals surface area contributed by atoms with Crippen molar-refractivity contribution < 1.29 is 9.21 Å². The summed E-state index contributed by atoms with van der Waals surface area (Å²) < 4.78 is 4.97. The molecule has 0 radical (unpaired) electrons. The van der Waals surface area contributed by atoms with Gasteiger partial charge in [0.05, 0.1) is 6.26 Å². The quantitative estimate of drug-likeness (QED) is 0.539. The fourth-order valence-electron chi connectivity index (χ4n) is 1.50. The van der Waals surface area contributed by atoms with Crippen LogP contribution in [0.5, 0.6) is 0 Å². The Morgan fingerprint density at radius 3 is 3.06 bits per heavy atom. The first-order valence-electron chi connectivity index (χ1n) is 5.70. The normalized spacial score (nSPS) is 13.9. The molecule has 0 saturated heterocycles. The molecule has 0 unspecified atom stereocenters. The van der Waals surface area contributed by atoms with Crippen molar-refractivity contribution in [2.45, 2.75) is 6.42 Å². The number of hydrogen-bond donors (Lipinski definition) is 3. The number of amides is 1. The number of guanidine groups is 1. The molecule has 1 aliphatic heterocycles. The number of nitrogens with zero attached hydrogens (tertiary/aromatic N) is 1. The zero-order chi connectivity index (χ0) is 11.9. The first-order valence-corrected chi connectivity index (χ1v) is 5.70. The van der Waals surface area contributed by atoms with Gasteiger partial charge in [0.1, 0.15) is 0 Å². The third kappa shape index (κ3) is 4.55.